The Balaban J connectivity index is 0.00000225. The summed E-state index contributed by atoms with van der Waals surface area (Å²) in [7, 11) is 0. The maximum absolute atomic E-state index is 3.70. The molecule has 0 spiro atoms. The van der Waals surface area contributed by atoms with Gasteiger partial charge in [0, 0.05) is 13.1 Å². The highest BCUT2D eigenvalue weighted by Crippen LogP contribution is 2.28. The van der Waals surface area contributed by atoms with Crippen molar-refractivity contribution in [1.29, 1.82) is 0 Å². The van der Waals surface area contributed by atoms with E-state index in [1.54, 1.807) is 0 Å². The fourth-order valence-electron chi connectivity index (χ4n) is 4.40. The van der Waals surface area contributed by atoms with E-state index in [4.69, 9.17) is 0 Å². The van der Waals surface area contributed by atoms with Gasteiger partial charge in [-0.1, -0.05) is 68.8 Å². The molecule has 30 heavy (non-hydrogen) atoms. The topological polar surface area (TPSA) is 24.1 Å². The van der Waals surface area contributed by atoms with E-state index in [-0.39, 0.29) is 24.8 Å². The largest absolute Gasteiger partial charge is 0.312 e. The second-order valence-corrected chi connectivity index (χ2v) is 8.50. The van der Waals surface area contributed by atoms with Crippen LogP contribution in [0.25, 0.3) is 0 Å². The lowest BCUT2D eigenvalue weighted by atomic mass is 9.81. The van der Waals surface area contributed by atoms with Crippen molar-refractivity contribution in [2.24, 2.45) is 11.8 Å². The van der Waals surface area contributed by atoms with Crippen LogP contribution in [-0.4, -0.2) is 13.1 Å². The Morgan fingerprint density at radius 3 is 1.37 bits per heavy atom. The Morgan fingerprint density at radius 2 is 1.00 bits per heavy atom. The van der Waals surface area contributed by atoms with Crippen LogP contribution in [0.4, 0.5) is 0 Å². The molecule has 2 unspecified atom stereocenters. The highest BCUT2D eigenvalue weighted by molar-refractivity contribution is 5.85. The molecule has 0 aliphatic heterocycles. The van der Waals surface area contributed by atoms with Gasteiger partial charge in [-0.2, -0.15) is 0 Å². The van der Waals surface area contributed by atoms with Crippen LogP contribution in [-0.2, 0) is 25.9 Å². The minimum absolute atomic E-state index is 0. The summed E-state index contributed by atoms with van der Waals surface area (Å²) < 4.78 is 0. The lowest BCUT2D eigenvalue weighted by Crippen LogP contribution is -2.31. The molecule has 0 saturated heterocycles. The van der Waals surface area contributed by atoms with E-state index in [1.807, 2.05) is 0 Å². The average Bonchev–Trinajstić information content (AvgIpc) is 2.75. The molecule has 1 aliphatic carbocycles. The number of benzene rings is 2. The smallest absolute Gasteiger partial charge is 0.0205 e. The van der Waals surface area contributed by atoms with E-state index in [1.165, 1.54) is 47.9 Å². The fourth-order valence-corrected chi connectivity index (χ4v) is 4.40. The van der Waals surface area contributed by atoms with Gasteiger partial charge in [-0.3, -0.25) is 0 Å². The van der Waals surface area contributed by atoms with Gasteiger partial charge in [-0.05, 0) is 79.3 Å². The van der Waals surface area contributed by atoms with Gasteiger partial charge in [0.15, 0.2) is 0 Å². The number of rotatable bonds is 10. The molecule has 3 rings (SSSR count). The summed E-state index contributed by atoms with van der Waals surface area (Å²) in [5.41, 5.74) is 5.65. The third kappa shape index (κ3) is 8.98. The second kappa shape index (κ2) is 14.9. The molecular formula is C26H40Cl2N2. The van der Waals surface area contributed by atoms with Gasteiger partial charge in [-0.15, -0.1) is 24.8 Å². The van der Waals surface area contributed by atoms with Crippen molar-refractivity contribution in [3.05, 3.63) is 70.8 Å². The highest BCUT2D eigenvalue weighted by Gasteiger charge is 2.21. The molecule has 168 valence electrons. The van der Waals surface area contributed by atoms with Gasteiger partial charge in [0.05, 0.1) is 0 Å². The summed E-state index contributed by atoms with van der Waals surface area (Å²) in [6.07, 6.45) is 7.76. The standard InChI is InChI=1S/C26H38N2.2ClH/c1-3-21-8-12-23(13-9-21)17-27-19-25-6-5-7-26(16-25)20-28-18-24-14-10-22(4-2)11-15-24;;/h8-15,25-28H,3-7,16-20H2,1-2H3;2*1H. The highest BCUT2D eigenvalue weighted by atomic mass is 35.5. The van der Waals surface area contributed by atoms with Crippen molar-refractivity contribution in [3.63, 3.8) is 0 Å². The number of halogens is 2. The van der Waals surface area contributed by atoms with Gasteiger partial charge in [0.1, 0.15) is 0 Å². The predicted molar refractivity (Wildman–Crippen MR) is 135 cm³/mol. The van der Waals surface area contributed by atoms with E-state index in [2.05, 4.69) is 73.0 Å². The first kappa shape index (κ1) is 27.0. The molecule has 1 aliphatic rings. The summed E-state index contributed by atoms with van der Waals surface area (Å²) in [6.45, 7) is 8.73. The average molecular weight is 452 g/mol. The van der Waals surface area contributed by atoms with Crippen LogP contribution in [0.2, 0.25) is 0 Å². The fraction of sp³-hybridized carbons (Fsp3) is 0.538. The number of hydrogen-bond acceptors (Lipinski definition) is 2. The van der Waals surface area contributed by atoms with Crippen LogP contribution < -0.4 is 10.6 Å². The number of hydrogen-bond donors (Lipinski definition) is 2. The van der Waals surface area contributed by atoms with Crippen LogP contribution in [0.5, 0.6) is 0 Å². The zero-order valence-corrected chi connectivity index (χ0v) is 20.3. The zero-order valence-electron chi connectivity index (χ0n) is 18.7. The van der Waals surface area contributed by atoms with Crippen molar-refractivity contribution >= 4 is 24.8 Å². The molecule has 0 radical (unpaired) electrons. The summed E-state index contributed by atoms with van der Waals surface area (Å²) in [5.74, 6) is 1.67. The predicted octanol–water partition coefficient (Wildman–Crippen LogP) is 6.34. The molecule has 1 fully saturated rings. The molecule has 1 saturated carbocycles. The SMILES string of the molecule is CCc1ccc(CNCC2CCCC(CNCc3ccc(CC)cc3)C2)cc1.Cl.Cl. The van der Waals surface area contributed by atoms with Crippen LogP contribution in [0.1, 0.15) is 61.8 Å². The Bertz CT molecular complexity index is 626. The van der Waals surface area contributed by atoms with Gasteiger partial charge in [-0.25, -0.2) is 0 Å². The van der Waals surface area contributed by atoms with Gasteiger partial charge in [0.2, 0.25) is 0 Å². The summed E-state index contributed by atoms with van der Waals surface area (Å²) >= 11 is 0. The van der Waals surface area contributed by atoms with Crippen molar-refractivity contribution < 1.29 is 0 Å². The molecular weight excluding hydrogens is 411 g/mol. The molecule has 2 nitrogen and oxygen atoms in total. The van der Waals surface area contributed by atoms with Crippen molar-refractivity contribution in [1.82, 2.24) is 10.6 Å². The summed E-state index contributed by atoms with van der Waals surface area (Å²) in [6, 6.07) is 18.1. The minimum Gasteiger partial charge on any atom is -0.312 e. The Morgan fingerprint density at radius 1 is 0.633 bits per heavy atom. The van der Waals surface area contributed by atoms with Crippen LogP contribution >= 0.6 is 24.8 Å². The van der Waals surface area contributed by atoms with Gasteiger partial charge < -0.3 is 10.6 Å². The van der Waals surface area contributed by atoms with E-state index in [0.717, 1.165) is 50.9 Å². The monoisotopic (exact) mass is 450 g/mol. The quantitative estimate of drug-likeness (QED) is 0.440. The summed E-state index contributed by atoms with van der Waals surface area (Å²) in [4.78, 5) is 0. The Labute approximate surface area is 196 Å². The molecule has 0 bridgehead atoms. The molecule has 2 aromatic carbocycles. The van der Waals surface area contributed by atoms with E-state index < -0.39 is 0 Å². The molecule has 2 N–H and O–H groups in total. The number of nitrogens with one attached hydrogen (secondary N) is 2. The lowest BCUT2D eigenvalue weighted by Gasteiger charge is -2.29. The minimum atomic E-state index is 0. The Kier molecular flexibility index (Phi) is 13.4. The first-order valence-corrected chi connectivity index (χ1v) is 11.3. The number of aryl methyl sites for hydroxylation is 2. The van der Waals surface area contributed by atoms with Gasteiger partial charge in [0.25, 0.3) is 0 Å². The third-order valence-electron chi connectivity index (χ3n) is 6.28. The first-order valence-electron chi connectivity index (χ1n) is 11.3. The van der Waals surface area contributed by atoms with Crippen LogP contribution in [0.15, 0.2) is 48.5 Å². The molecule has 4 heteroatoms. The van der Waals surface area contributed by atoms with Crippen molar-refractivity contribution in [3.8, 4) is 0 Å². The first-order chi connectivity index (χ1) is 13.8. The van der Waals surface area contributed by atoms with Crippen LogP contribution in [0, 0.1) is 11.8 Å². The molecule has 0 heterocycles. The Hall–Kier alpha value is -1.06. The van der Waals surface area contributed by atoms with E-state index in [9.17, 15) is 0 Å². The maximum atomic E-state index is 3.70. The summed E-state index contributed by atoms with van der Waals surface area (Å²) in [5, 5.41) is 7.40. The second-order valence-electron chi connectivity index (χ2n) is 8.50. The maximum Gasteiger partial charge on any atom is 0.0205 e. The van der Waals surface area contributed by atoms with Gasteiger partial charge >= 0.3 is 0 Å². The molecule has 0 amide bonds. The van der Waals surface area contributed by atoms with E-state index >= 15 is 0 Å². The normalized spacial score (nSPS) is 18.3. The van der Waals surface area contributed by atoms with Crippen LogP contribution in [0.3, 0.4) is 0 Å². The molecule has 2 aromatic rings. The third-order valence-corrected chi connectivity index (χ3v) is 6.28. The zero-order chi connectivity index (χ0) is 19.6. The molecule has 2 atom stereocenters. The van der Waals surface area contributed by atoms with Crippen molar-refractivity contribution in [2.75, 3.05) is 13.1 Å². The lowest BCUT2D eigenvalue weighted by molar-refractivity contribution is 0.252. The molecule has 0 aromatic heterocycles. The van der Waals surface area contributed by atoms with E-state index in [0.29, 0.717) is 0 Å². The van der Waals surface area contributed by atoms with Crippen molar-refractivity contribution in [2.45, 2.75) is 65.5 Å².